The van der Waals surface area contributed by atoms with Gasteiger partial charge in [0, 0.05) is 54.5 Å². The molecule has 0 amide bonds. The number of aliphatic carboxylic acids is 2. The monoisotopic (exact) mass is 955 g/mol. The Morgan fingerprint density at radius 2 is 1.51 bits per heavy atom. The Morgan fingerprint density at radius 3 is 2.12 bits per heavy atom. The van der Waals surface area contributed by atoms with E-state index in [0.29, 0.717) is 48.0 Å². The highest BCUT2D eigenvalue weighted by Crippen LogP contribution is 2.48. The van der Waals surface area contributed by atoms with Crippen LogP contribution in [0.5, 0.6) is 0 Å². The lowest BCUT2D eigenvalue weighted by Gasteiger charge is -2.38. The number of nitrogens with two attached hydrogens (primary N) is 1. The minimum absolute atomic E-state index is 0.0100. The summed E-state index contributed by atoms with van der Waals surface area (Å²) < 4.78 is 19.1. The van der Waals surface area contributed by atoms with E-state index in [9.17, 15) is 38.9 Å². The van der Waals surface area contributed by atoms with Crippen molar-refractivity contribution in [3.8, 4) is 0 Å². The van der Waals surface area contributed by atoms with E-state index in [1.807, 2.05) is 24.3 Å². The number of hydrogen-bond acceptors (Lipinski definition) is 13. The molecule has 6 atom stereocenters. The van der Waals surface area contributed by atoms with Crippen LogP contribution in [0.4, 0.5) is 10.2 Å². The lowest BCUT2D eigenvalue weighted by molar-refractivity contribution is -0.134. The molecule has 4 aliphatic heterocycles. The number of nitrogen functional groups attached to an aromatic ring is 1. The van der Waals surface area contributed by atoms with Crippen LogP contribution in [0.15, 0.2) is 126 Å². The van der Waals surface area contributed by atoms with Gasteiger partial charge in [0.15, 0.2) is 12.0 Å². The molecule has 9 N–H and O–H groups in total. The lowest BCUT2D eigenvalue weighted by Crippen LogP contribution is -2.42. The van der Waals surface area contributed by atoms with Crippen LogP contribution in [-0.2, 0) is 31.9 Å². The number of carbonyl (C=O) groups excluding carboxylic acids is 1. The van der Waals surface area contributed by atoms with Crippen LogP contribution in [0.2, 0.25) is 5.02 Å². The SMILES string of the molecule is C[C@]12N[C@H](Cc3ccccc31)c1ccccc12.Nc1ccn([C@@H]2O[C@H](CO)[C@@H](O)[C@@H]2O)c(=O)n1.O=C(CCCN1CCC(O)(c2ccc(Cl)cc2)CC1)c1ccc(F)cc1.O=C(O)/C=C\C(=O)O. The van der Waals surface area contributed by atoms with Crippen LogP contribution < -0.4 is 16.7 Å². The molecule has 360 valence electrons. The molecule has 0 aliphatic carbocycles. The molecule has 0 spiro atoms. The van der Waals surface area contributed by atoms with Gasteiger partial charge in [0.25, 0.3) is 0 Å². The predicted octanol–water partition coefficient (Wildman–Crippen LogP) is 4.72. The first-order valence-electron chi connectivity index (χ1n) is 22.0. The second kappa shape index (κ2) is 22.8. The molecule has 16 nitrogen and oxygen atoms in total. The Kier molecular flexibility index (Phi) is 17.2. The first-order valence-corrected chi connectivity index (χ1v) is 22.4. The highest BCUT2D eigenvalue weighted by atomic mass is 35.5. The third-order valence-corrected chi connectivity index (χ3v) is 12.7. The number of aliphatic hydroxyl groups excluding tert-OH is 3. The van der Waals surface area contributed by atoms with E-state index in [2.05, 4.69) is 70.7 Å². The van der Waals surface area contributed by atoms with Gasteiger partial charge in [0.05, 0.1) is 17.7 Å². The van der Waals surface area contributed by atoms with Gasteiger partial charge in [-0.25, -0.2) is 18.8 Å². The number of fused-ring (bicyclic) bond motifs is 7. The third-order valence-electron chi connectivity index (χ3n) is 12.4. The van der Waals surface area contributed by atoms with E-state index < -0.39 is 54.4 Å². The maximum atomic E-state index is 12.9. The summed E-state index contributed by atoms with van der Waals surface area (Å²) in [5, 5.41) is 59.1. The smallest absolute Gasteiger partial charge is 0.351 e. The fraction of sp³-hybridized carbons (Fsp3) is 0.340. The quantitative estimate of drug-likeness (QED) is 0.0696. The number of rotatable bonds is 10. The normalized spacial score (nSPS) is 23.1. The Balaban J connectivity index is 0.000000159. The van der Waals surface area contributed by atoms with Gasteiger partial charge in [-0.3, -0.25) is 14.7 Å². The summed E-state index contributed by atoms with van der Waals surface area (Å²) in [5.74, 6) is -2.75. The molecule has 9 rings (SSSR count). The van der Waals surface area contributed by atoms with E-state index in [1.165, 1.54) is 58.8 Å². The number of nitrogens with one attached hydrogen (secondary N) is 1. The van der Waals surface area contributed by atoms with Crippen molar-refractivity contribution in [1.29, 1.82) is 0 Å². The van der Waals surface area contributed by atoms with E-state index in [-0.39, 0.29) is 23.0 Å². The number of ketones is 1. The van der Waals surface area contributed by atoms with Gasteiger partial charge < -0.3 is 46.0 Å². The molecule has 2 fully saturated rings. The molecule has 68 heavy (non-hydrogen) atoms. The fourth-order valence-electron chi connectivity index (χ4n) is 8.86. The van der Waals surface area contributed by atoms with Crippen molar-refractivity contribution in [3.05, 3.63) is 176 Å². The average Bonchev–Trinajstić information content (AvgIpc) is 3.74. The van der Waals surface area contributed by atoms with Crippen molar-refractivity contribution >= 4 is 35.1 Å². The molecule has 5 aromatic rings. The van der Waals surface area contributed by atoms with Crippen LogP contribution >= 0.6 is 11.6 Å². The first kappa shape index (κ1) is 51.2. The van der Waals surface area contributed by atoms with E-state index in [0.717, 1.165) is 42.6 Å². The predicted molar refractivity (Wildman–Crippen MR) is 250 cm³/mol. The van der Waals surface area contributed by atoms with Crippen LogP contribution in [0, 0.1) is 5.82 Å². The number of carboxylic acids is 2. The van der Waals surface area contributed by atoms with Gasteiger partial charge in [0.1, 0.15) is 29.9 Å². The fourth-order valence-corrected chi connectivity index (χ4v) is 8.99. The van der Waals surface area contributed by atoms with Gasteiger partial charge in [-0.15, -0.1) is 0 Å². The third kappa shape index (κ3) is 12.5. The molecule has 0 radical (unpaired) electrons. The van der Waals surface area contributed by atoms with Gasteiger partial charge in [-0.2, -0.15) is 4.98 Å². The molecular formula is C50H55ClFN5O11. The number of piperidine rings is 1. The van der Waals surface area contributed by atoms with E-state index in [4.69, 9.17) is 37.4 Å². The molecular weight excluding hydrogens is 901 g/mol. The van der Waals surface area contributed by atoms with Crippen LogP contribution in [0.3, 0.4) is 0 Å². The highest BCUT2D eigenvalue weighted by molar-refractivity contribution is 6.30. The van der Waals surface area contributed by atoms with Crippen molar-refractivity contribution in [2.75, 3.05) is 32.0 Å². The molecule has 2 saturated heterocycles. The van der Waals surface area contributed by atoms with Gasteiger partial charge in [-0.1, -0.05) is 72.3 Å². The number of aromatic nitrogens is 2. The molecule has 4 aromatic carbocycles. The molecule has 1 aromatic heterocycles. The number of ether oxygens (including phenoxy) is 1. The summed E-state index contributed by atoms with van der Waals surface area (Å²) in [6.45, 7) is 4.27. The number of benzene rings is 4. The minimum atomic E-state index is -1.31. The largest absolute Gasteiger partial charge is 0.478 e. The zero-order valence-electron chi connectivity index (χ0n) is 37.2. The van der Waals surface area contributed by atoms with Crippen molar-refractivity contribution in [1.82, 2.24) is 19.8 Å². The number of carboxylic acid groups (broad SMARTS) is 2. The van der Waals surface area contributed by atoms with Crippen molar-refractivity contribution in [2.24, 2.45) is 0 Å². The van der Waals surface area contributed by atoms with Gasteiger partial charge >= 0.3 is 17.6 Å². The maximum absolute atomic E-state index is 12.9. The lowest BCUT2D eigenvalue weighted by atomic mass is 9.82. The standard InChI is InChI=1S/C21H23ClFNO2.C16H15N.C9H13N3O5.C4H4O4/c22-18-7-5-17(6-8-18)21(26)11-14-24(15-12-21)13-1-2-20(25)16-3-9-19(23)10-4-16;1-16-13-8-4-2-6-11(13)10-15(17-16)12-7-3-5-9-14(12)16;10-5-1-2-12(9(16)11-5)8-7(15)6(14)4(3-13)17-8;5-3(6)1-2-4(7)8/h3-10,26H,1-2,11-15H2;2-9,15,17H,10H2,1H3;1-2,4,6-8,13-15H,3H2,(H2,10,11,16);1-2H,(H,5,6)(H,7,8)/b;;;2-1-/t;15-,16+;4-,6-,7+,8-;/m.11./s1. The van der Waals surface area contributed by atoms with E-state index in [1.54, 1.807) is 0 Å². The Morgan fingerprint density at radius 1 is 0.897 bits per heavy atom. The molecule has 0 saturated carbocycles. The molecule has 18 heteroatoms. The summed E-state index contributed by atoms with van der Waals surface area (Å²) in [6, 6.07) is 32.6. The van der Waals surface area contributed by atoms with E-state index >= 15 is 0 Å². The van der Waals surface area contributed by atoms with Crippen LogP contribution in [0.1, 0.15) is 83.1 Å². The number of nitrogens with zero attached hydrogens (tertiary/aromatic N) is 3. The zero-order valence-corrected chi connectivity index (χ0v) is 38.0. The number of Topliss-reactive ketones (excluding diaryl/α,β-unsaturated/α-hetero) is 1. The number of aliphatic hydroxyl groups is 4. The second-order valence-electron chi connectivity index (χ2n) is 17.0. The highest BCUT2D eigenvalue weighted by Gasteiger charge is 2.46. The van der Waals surface area contributed by atoms with Gasteiger partial charge in [-0.05, 0) is 109 Å². The molecule has 4 aliphatic rings. The Hall–Kier alpha value is -6.15. The summed E-state index contributed by atoms with van der Waals surface area (Å²) >= 11 is 5.92. The average molecular weight is 956 g/mol. The summed E-state index contributed by atoms with van der Waals surface area (Å²) in [6.07, 6.45) is 1.51. The number of likely N-dealkylation sites (tertiary alicyclic amines) is 1. The summed E-state index contributed by atoms with van der Waals surface area (Å²) in [5.41, 5.74) is 11.2. The number of carbonyl (C=O) groups is 3. The van der Waals surface area contributed by atoms with Gasteiger partial charge in [0.2, 0.25) is 0 Å². The summed E-state index contributed by atoms with van der Waals surface area (Å²) in [4.78, 5) is 48.5. The maximum Gasteiger partial charge on any atom is 0.351 e. The topological polar surface area (TPSA) is 258 Å². The molecule has 2 bridgehead atoms. The number of anilines is 1. The van der Waals surface area contributed by atoms with Crippen LogP contribution in [0.25, 0.3) is 0 Å². The number of halogens is 2. The zero-order chi connectivity index (χ0) is 49.2. The van der Waals surface area contributed by atoms with Crippen LogP contribution in [-0.4, -0.2) is 107 Å². The molecule has 5 heterocycles. The Bertz CT molecular complexity index is 2600. The Labute approximate surface area is 396 Å². The summed E-state index contributed by atoms with van der Waals surface area (Å²) in [7, 11) is 0. The minimum Gasteiger partial charge on any atom is -0.478 e. The first-order chi connectivity index (χ1) is 32.4. The second-order valence-corrected chi connectivity index (χ2v) is 17.4. The number of hydrogen-bond donors (Lipinski definition) is 8. The molecule has 0 unspecified atom stereocenters. The van der Waals surface area contributed by atoms with Crippen molar-refractivity contribution < 1.29 is 54.2 Å². The van der Waals surface area contributed by atoms with Crippen molar-refractivity contribution in [3.63, 3.8) is 0 Å². The van der Waals surface area contributed by atoms with Crippen molar-refractivity contribution in [2.45, 2.75) is 80.7 Å².